The fourth-order valence-corrected chi connectivity index (χ4v) is 0.729. The first-order valence-corrected chi connectivity index (χ1v) is 3.55. The fourth-order valence-electron chi connectivity index (χ4n) is 0.729. The van der Waals surface area contributed by atoms with Crippen LogP contribution in [0.15, 0.2) is 42.5 Å². The zero-order chi connectivity index (χ0) is 7.94. The Labute approximate surface area is 67.3 Å². The molecule has 0 bridgehead atoms. The van der Waals surface area contributed by atoms with Gasteiger partial charge in [-0.25, -0.2) is 0 Å². The van der Waals surface area contributed by atoms with E-state index in [1.165, 1.54) is 0 Å². The van der Waals surface area contributed by atoms with Gasteiger partial charge in [0.15, 0.2) is 0 Å². The summed E-state index contributed by atoms with van der Waals surface area (Å²) in [6.07, 6.45) is 3.59. The van der Waals surface area contributed by atoms with Gasteiger partial charge in [-0.15, -0.1) is 0 Å². The van der Waals surface area contributed by atoms with Crippen LogP contribution in [-0.2, 0) is 0 Å². The van der Waals surface area contributed by atoms with Crippen molar-refractivity contribution in [2.24, 2.45) is 0 Å². The molecule has 0 saturated heterocycles. The summed E-state index contributed by atoms with van der Waals surface area (Å²) in [5, 5.41) is 0. The van der Waals surface area contributed by atoms with E-state index >= 15 is 0 Å². The van der Waals surface area contributed by atoms with Gasteiger partial charge in [0.05, 0.1) is 0 Å². The molecule has 0 amide bonds. The SMILES string of the molecule is [CH2]/C=C/COc1ccccc1. The topological polar surface area (TPSA) is 9.23 Å². The molecule has 1 rings (SSSR count). The Morgan fingerprint density at radius 2 is 2.00 bits per heavy atom. The molecule has 57 valence electrons. The Hall–Kier alpha value is -1.24. The van der Waals surface area contributed by atoms with E-state index in [1.807, 2.05) is 36.4 Å². The number of para-hydroxylation sites is 1. The number of ether oxygens (including phenoxy) is 1. The van der Waals surface area contributed by atoms with Gasteiger partial charge in [-0.3, -0.25) is 0 Å². The maximum Gasteiger partial charge on any atom is 0.119 e. The van der Waals surface area contributed by atoms with Gasteiger partial charge in [-0.05, 0) is 19.1 Å². The van der Waals surface area contributed by atoms with E-state index in [9.17, 15) is 0 Å². The minimum Gasteiger partial charge on any atom is -0.490 e. The van der Waals surface area contributed by atoms with Crippen molar-refractivity contribution in [1.29, 1.82) is 0 Å². The molecule has 11 heavy (non-hydrogen) atoms. The normalized spacial score (nSPS) is 10.3. The average molecular weight is 147 g/mol. The molecule has 0 unspecified atom stereocenters. The van der Waals surface area contributed by atoms with Crippen LogP contribution >= 0.6 is 0 Å². The van der Waals surface area contributed by atoms with Crippen molar-refractivity contribution in [2.45, 2.75) is 0 Å². The molecule has 1 nitrogen and oxygen atoms in total. The molecule has 0 aromatic heterocycles. The summed E-state index contributed by atoms with van der Waals surface area (Å²) in [6.45, 7) is 4.15. The molecule has 1 aromatic rings. The number of benzene rings is 1. The predicted molar refractivity (Wildman–Crippen MR) is 46.4 cm³/mol. The Bertz CT molecular complexity index is 214. The van der Waals surface area contributed by atoms with Crippen molar-refractivity contribution in [1.82, 2.24) is 0 Å². The molecule has 0 aliphatic rings. The highest BCUT2D eigenvalue weighted by molar-refractivity contribution is 5.21. The monoisotopic (exact) mass is 147 g/mol. The van der Waals surface area contributed by atoms with Gasteiger partial charge in [0.1, 0.15) is 12.4 Å². The maximum atomic E-state index is 5.32. The number of allylic oxidation sites excluding steroid dienone is 1. The Morgan fingerprint density at radius 3 is 2.64 bits per heavy atom. The van der Waals surface area contributed by atoms with Crippen molar-refractivity contribution in [2.75, 3.05) is 6.61 Å². The summed E-state index contributed by atoms with van der Waals surface area (Å²) in [6, 6.07) is 9.71. The number of hydrogen-bond donors (Lipinski definition) is 0. The highest BCUT2D eigenvalue weighted by Crippen LogP contribution is 2.07. The standard InChI is InChI=1S/C10H11O/c1-2-3-9-11-10-7-5-4-6-8-10/h2-8H,1,9H2/b3-2+. The first-order chi connectivity index (χ1) is 5.43. The molecule has 0 saturated carbocycles. The van der Waals surface area contributed by atoms with E-state index in [0.717, 1.165) is 5.75 Å². The van der Waals surface area contributed by atoms with Gasteiger partial charge in [-0.1, -0.05) is 30.4 Å². The van der Waals surface area contributed by atoms with Crippen molar-refractivity contribution in [3.8, 4) is 5.75 Å². The van der Waals surface area contributed by atoms with Crippen LogP contribution in [0.2, 0.25) is 0 Å². The van der Waals surface area contributed by atoms with Gasteiger partial charge >= 0.3 is 0 Å². The first-order valence-electron chi connectivity index (χ1n) is 3.55. The zero-order valence-corrected chi connectivity index (χ0v) is 6.36. The molecule has 0 aliphatic heterocycles. The van der Waals surface area contributed by atoms with Crippen LogP contribution < -0.4 is 4.74 Å². The van der Waals surface area contributed by atoms with Gasteiger partial charge in [0, 0.05) is 0 Å². The van der Waals surface area contributed by atoms with Crippen LogP contribution in [0.3, 0.4) is 0 Å². The summed E-state index contributed by atoms with van der Waals surface area (Å²) in [5.41, 5.74) is 0. The van der Waals surface area contributed by atoms with Crippen LogP contribution in [0.25, 0.3) is 0 Å². The van der Waals surface area contributed by atoms with E-state index < -0.39 is 0 Å². The van der Waals surface area contributed by atoms with E-state index in [2.05, 4.69) is 6.92 Å². The Balaban J connectivity index is 2.39. The summed E-state index contributed by atoms with van der Waals surface area (Å²) >= 11 is 0. The molecular weight excluding hydrogens is 136 g/mol. The van der Waals surface area contributed by atoms with Crippen LogP contribution in [0.1, 0.15) is 0 Å². The Morgan fingerprint density at radius 1 is 1.27 bits per heavy atom. The lowest BCUT2D eigenvalue weighted by Crippen LogP contribution is -1.91. The minimum atomic E-state index is 0.591. The van der Waals surface area contributed by atoms with Crippen LogP contribution in [0.5, 0.6) is 5.75 Å². The smallest absolute Gasteiger partial charge is 0.119 e. The second kappa shape index (κ2) is 4.56. The maximum absolute atomic E-state index is 5.32. The third-order valence-corrected chi connectivity index (χ3v) is 1.26. The fraction of sp³-hybridized carbons (Fsp3) is 0.100. The lowest BCUT2D eigenvalue weighted by Gasteiger charge is -2.00. The van der Waals surface area contributed by atoms with Gasteiger partial charge in [0.2, 0.25) is 0 Å². The van der Waals surface area contributed by atoms with Crippen LogP contribution in [0.4, 0.5) is 0 Å². The van der Waals surface area contributed by atoms with Gasteiger partial charge in [0.25, 0.3) is 0 Å². The molecule has 1 heteroatoms. The predicted octanol–water partition coefficient (Wildman–Crippen LogP) is 2.46. The van der Waals surface area contributed by atoms with Crippen molar-refractivity contribution >= 4 is 0 Å². The van der Waals surface area contributed by atoms with E-state index in [-0.39, 0.29) is 0 Å². The van der Waals surface area contributed by atoms with E-state index in [0.29, 0.717) is 6.61 Å². The van der Waals surface area contributed by atoms with Crippen LogP contribution in [0, 0.1) is 6.92 Å². The summed E-state index contributed by atoms with van der Waals surface area (Å²) < 4.78 is 5.32. The molecule has 0 heterocycles. The average Bonchev–Trinajstić information content (AvgIpc) is 2.07. The van der Waals surface area contributed by atoms with E-state index in [1.54, 1.807) is 6.08 Å². The molecular formula is C10H11O. The molecule has 0 atom stereocenters. The third-order valence-electron chi connectivity index (χ3n) is 1.26. The second-order valence-corrected chi connectivity index (χ2v) is 2.10. The van der Waals surface area contributed by atoms with E-state index in [4.69, 9.17) is 4.74 Å². The molecule has 0 N–H and O–H groups in total. The van der Waals surface area contributed by atoms with Gasteiger partial charge < -0.3 is 4.74 Å². The van der Waals surface area contributed by atoms with Crippen molar-refractivity contribution < 1.29 is 4.74 Å². The van der Waals surface area contributed by atoms with Crippen molar-refractivity contribution in [3.05, 3.63) is 49.4 Å². The lowest BCUT2D eigenvalue weighted by atomic mass is 10.3. The lowest BCUT2D eigenvalue weighted by molar-refractivity contribution is 0.363. The third kappa shape index (κ3) is 2.89. The number of rotatable bonds is 3. The Kier molecular flexibility index (Phi) is 3.26. The largest absolute Gasteiger partial charge is 0.490 e. The first kappa shape index (κ1) is 7.86. The number of hydrogen-bond acceptors (Lipinski definition) is 1. The highest BCUT2D eigenvalue weighted by Gasteiger charge is 1.85. The van der Waals surface area contributed by atoms with Crippen molar-refractivity contribution in [3.63, 3.8) is 0 Å². The minimum absolute atomic E-state index is 0.591. The second-order valence-electron chi connectivity index (χ2n) is 2.10. The zero-order valence-electron chi connectivity index (χ0n) is 6.36. The highest BCUT2D eigenvalue weighted by atomic mass is 16.5. The van der Waals surface area contributed by atoms with Gasteiger partial charge in [-0.2, -0.15) is 0 Å². The molecule has 0 spiro atoms. The quantitative estimate of drug-likeness (QED) is 0.638. The molecule has 1 radical (unpaired) electrons. The molecule has 0 aliphatic carbocycles. The molecule has 0 fully saturated rings. The summed E-state index contributed by atoms with van der Waals surface area (Å²) in [5.74, 6) is 0.894. The molecule has 1 aromatic carbocycles. The summed E-state index contributed by atoms with van der Waals surface area (Å²) in [4.78, 5) is 0. The van der Waals surface area contributed by atoms with Crippen LogP contribution in [-0.4, -0.2) is 6.61 Å². The summed E-state index contributed by atoms with van der Waals surface area (Å²) in [7, 11) is 0.